The lowest BCUT2D eigenvalue weighted by Gasteiger charge is -2.24. The van der Waals surface area contributed by atoms with E-state index in [2.05, 4.69) is 28.9 Å². The second-order valence-electron chi connectivity index (χ2n) is 7.64. The van der Waals surface area contributed by atoms with Crippen LogP contribution in [0.3, 0.4) is 0 Å². The molecule has 1 atom stereocenters. The number of rotatable bonds is 8. The van der Waals surface area contributed by atoms with Crippen LogP contribution in [0.5, 0.6) is 0 Å². The molecule has 0 bridgehead atoms. The number of pyridine rings is 1. The minimum atomic E-state index is -0.300. The van der Waals surface area contributed by atoms with Gasteiger partial charge in [-0.05, 0) is 41.7 Å². The summed E-state index contributed by atoms with van der Waals surface area (Å²) >= 11 is 0. The first kappa shape index (κ1) is 21.0. The molecule has 0 spiro atoms. The fourth-order valence-corrected chi connectivity index (χ4v) is 4.00. The van der Waals surface area contributed by atoms with E-state index in [1.165, 1.54) is 0 Å². The number of aromatic nitrogens is 1. The van der Waals surface area contributed by atoms with Crippen LogP contribution in [-0.2, 0) is 16.0 Å². The standard InChI is InChI=1S/C23H30N4O2/c1-2-12-27-15-14-26(13-9-22(24)28)17-20(23(27)29)16-19-5-3-4-6-21(19)18-7-10-25-11-8-18/h3-8,10-11,20H,2,9,12-17H2,1H3,(H2,24,28)/t20-/m0/s1. The second kappa shape index (κ2) is 10.2. The van der Waals surface area contributed by atoms with E-state index < -0.39 is 0 Å². The van der Waals surface area contributed by atoms with Gasteiger partial charge in [0.15, 0.2) is 0 Å². The number of carbonyl (C=O) groups excluding carboxylic acids is 2. The lowest BCUT2D eigenvalue weighted by atomic mass is 9.91. The molecule has 0 saturated carbocycles. The van der Waals surface area contributed by atoms with Crippen LogP contribution in [0.4, 0.5) is 0 Å². The number of hydrogen-bond acceptors (Lipinski definition) is 4. The Balaban J connectivity index is 1.84. The third-order valence-electron chi connectivity index (χ3n) is 5.47. The molecule has 1 fully saturated rings. The van der Waals surface area contributed by atoms with Crippen molar-refractivity contribution in [2.75, 3.05) is 32.7 Å². The number of amides is 2. The molecule has 1 aliphatic rings. The third kappa shape index (κ3) is 5.64. The largest absolute Gasteiger partial charge is 0.370 e. The van der Waals surface area contributed by atoms with Crippen LogP contribution in [0.1, 0.15) is 25.3 Å². The summed E-state index contributed by atoms with van der Waals surface area (Å²) in [7, 11) is 0. The molecular weight excluding hydrogens is 364 g/mol. The van der Waals surface area contributed by atoms with Gasteiger partial charge in [0.25, 0.3) is 0 Å². The number of nitrogens with zero attached hydrogens (tertiary/aromatic N) is 3. The summed E-state index contributed by atoms with van der Waals surface area (Å²) in [6.45, 7) is 5.60. The predicted molar refractivity (Wildman–Crippen MR) is 114 cm³/mol. The molecule has 1 saturated heterocycles. The Labute approximate surface area is 172 Å². The van der Waals surface area contributed by atoms with Gasteiger partial charge >= 0.3 is 0 Å². The average Bonchev–Trinajstić information content (AvgIpc) is 2.87. The molecule has 2 heterocycles. The zero-order chi connectivity index (χ0) is 20.6. The fourth-order valence-electron chi connectivity index (χ4n) is 4.00. The van der Waals surface area contributed by atoms with Crippen molar-refractivity contribution in [3.05, 3.63) is 54.4 Å². The molecule has 2 aromatic rings. The summed E-state index contributed by atoms with van der Waals surface area (Å²) in [5, 5.41) is 0. The van der Waals surface area contributed by atoms with E-state index in [1.54, 1.807) is 12.4 Å². The van der Waals surface area contributed by atoms with Gasteiger partial charge < -0.3 is 15.5 Å². The molecule has 1 aliphatic heterocycles. The van der Waals surface area contributed by atoms with Crippen molar-refractivity contribution >= 4 is 11.8 Å². The zero-order valence-electron chi connectivity index (χ0n) is 17.1. The third-order valence-corrected chi connectivity index (χ3v) is 5.47. The molecule has 29 heavy (non-hydrogen) atoms. The van der Waals surface area contributed by atoms with Crippen LogP contribution in [0.15, 0.2) is 48.8 Å². The molecule has 2 amide bonds. The maximum atomic E-state index is 13.3. The first-order valence-corrected chi connectivity index (χ1v) is 10.4. The molecular formula is C23H30N4O2. The number of benzene rings is 1. The summed E-state index contributed by atoms with van der Waals surface area (Å²) in [5.41, 5.74) is 8.74. The van der Waals surface area contributed by atoms with Crippen molar-refractivity contribution in [3.8, 4) is 11.1 Å². The highest BCUT2D eigenvalue weighted by Gasteiger charge is 2.30. The Morgan fingerprint density at radius 2 is 1.90 bits per heavy atom. The SMILES string of the molecule is CCCN1CCN(CCC(N)=O)C[C@H](Cc2ccccc2-c2ccncc2)C1=O. The van der Waals surface area contributed by atoms with Gasteiger partial charge in [-0.3, -0.25) is 14.6 Å². The van der Waals surface area contributed by atoms with Crippen LogP contribution >= 0.6 is 0 Å². The summed E-state index contributed by atoms with van der Waals surface area (Å²) in [6, 6.07) is 12.2. The minimum Gasteiger partial charge on any atom is -0.370 e. The maximum absolute atomic E-state index is 13.3. The van der Waals surface area contributed by atoms with E-state index in [0.29, 0.717) is 32.5 Å². The van der Waals surface area contributed by atoms with Crippen LogP contribution in [0.25, 0.3) is 11.1 Å². The van der Waals surface area contributed by atoms with Gasteiger partial charge in [0.05, 0.1) is 5.92 Å². The van der Waals surface area contributed by atoms with Crippen LogP contribution in [0, 0.1) is 5.92 Å². The van der Waals surface area contributed by atoms with E-state index in [-0.39, 0.29) is 17.7 Å². The average molecular weight is 395 g/mol. The minimum absolute atomic E-state index is 0.139. The molecule has 0 aliphatic carbocycles. The quantitative estimate of drug-likeness (QED) is 0.745. The van der Waals surface area contributed by atoms with Crippen LogP contribution in [-0.4, -0.2) is 59.3 Å². The van der Waals surface area contributed by atoms with Gasteiger partial charge in [-0.15, -0.1) is 0 Å². The van der Waals surface area contributed by atoms with Gasteiger partial charge in [0.2, 0.25) is 11.8 Å². The summed E-state index contributed by atoms with van der Waals surface area (Å²) in [6.07, 6.45) is 5.51. The Bertz CT molecular complexity index is 825. The molecule has 154 valence electrons. The van der Waals surface area contributed by atoms with E-state index in [1.807, 2.05) is 29.2 Å². The Morgan fingerprint density at radius 1 is 1.14 bits per heavy atom. The van der Waals surface area contributed by atoms with Gasteiger partial charge in [-0.25, -0.2) is 0 Å². The van der Waals surface area contributed by atoms with E-state index in [0.717, 1.165) is 36.2 Å². The van der Waals surface area contributed by atoms with Crippen LogP contribution in [0.2, 0.25) is 0 Å². The second-order valence-corrected chi connectivity index (χ2v) is 7.64. The maximum Gasteiger partial charge on any atom is 0.227 e. The first-order valence-electron chi connectivity index (χ1n) is 10.4. The van der Waals surface area contributed by atoms with Gasteiger partial charge in [0, 0.05) is 51.5 Å². The highest BCUT2D eigenvalue weighted by molar-refractivity contribution is 5.80. The lowest BCUT2D eigenvalue weighted by Crippen LogP contribution is -2.38. The smallest absolute Gasteiger partial charge is 0.227 e. The molecule has 6 heteroatoms. The molecule has 0 unspecified atom stereocenters. The first-order chi connectivity index (χ1) is 14.1. The lowest BCUT2D eigenvalue weighted by molar-refractivity contribution is -0.134. The Kier molecular flexibility index (Phi) is 7.36. The van der Waals surface area contributed by atoms with E-state index >= 15 is 0 Å². The number of carbonyl (C=O) groups is 2. The molecule has 0 radical (unpaired) electrons. The van der Waals surface area contributed by atoms with E-state index in [4.69, 9.17) is 5.73 Å². The van der Waals surface area contributed by atoms with Crippen LogP contribution < -0.4 is 5.73 Å². The van der Waals surface area contributed by atoms with Crippen molar-refractivity contribution in [1.82, 2.24) is 14.8 Å². The van der Waals surface area contributed by atoms with Gasteiger partial charge in [-0.1, -0.05) is 31.2 Å². The van der Waals surface area contributed by atoms with Crippen molar-refractivity contribution in [3.63, 3.8) is 0 Å². The summed E-state index contributed by atoms with van der Waals surface area (Å²) in [4.78, 5) is 32.8. The Morgan fingerprint density at radius 3 is 2.62 bits per heavy atom. The highest BCUT2D eigenvalue weighted by Crippen LogP contribution is 2.27. The summed E-state index contributed by atoms with van der Waals surface area (Å²) < 4.78 is 0. The summed E-state index contributed by atoms with van der Waals surface area (Å²) in [5.74, 6) is -0.233. The van der Waals surface area contributed by atoms with Gasteiger partial charge in [-0.2, -0.15) is 0 Å². The number of nitrogens with two attached hydrogens (primary N) is 1. The van der Waals surface area contributed by atoms with Crippen molar-refractivity contribution in [1.29, 1.82) is 0 Å². The number of primary amides is 1. The normalized spacial score (nSPS) is 17.9. The molecule has 6 nitrogen and oxygen atoms in total. The monoisotopic (exact) mass is 394 g/mol. The molecule has 2 N–H and O–H groups in total. The number of hydrogen-bond donors (Lipinski definition) is 1. The zero-order valence-corrected chi connectivity index (χ0v) is 17.1. The highest BCUT2D eigenvalue weighted by atomic mass is 16.2. The van der Waals surface area contributed by atoms with E-state index in [9.17, 15) is 9.59 Å². The van der Waals surface area contributed by atoms with Crippen molar-refractivity contribution < 1.29 is 9.59 Å². The van der Waals surface area contributed by atoms with Gasteiger partial charge in [0.1, 0.15) is 0 Å². The fraction of sp³-hybridized carbons (Fsp3) is 0.435. The molecule has 1 aromatic carbocycles. The predicted octanol–water partition coefficient (Wildman–Crippen LogP) is 2.34. The molecule has 3 rings (SSSR count). The topological polar surface area (TPSA) is 79.5 Å². The van der Waals surface area contributed by atoms with Crippen molar-refractivity contribution in [2.45, 2.75) is 26.2 Å². The van der Waals surface area contributed by atoms with Crippen molar-refractivity contribution in [2.24, 2.45) is 11.7 Å². The molecule has 1 aromatic heterocycles. The Hall–Kier alpha value is -2.73.